The zero-order chi connectivity index (χ0) is 25.4. The van der Waals surface area contributed by atoms with Crippen molar-refractivity contribution >= 4 is 40.9 Å². The molecule has 1 heterocycles. The van der Waals surface area contributed by atoms with E-state index in [9.17, 15) is 14.4 Å². The zero-order valence-corrected chi connectivity index (χ0v) is 21.5. The quantitative estimate of drug-likeness (QED) is 0.470. The third kappa shape index (κ3) is 7.06. The fraction of sp³-hybridized carbons (Fsp3) is 0.444. The minimum atomic E-state index is -0.849. The number of halogens is 2. The molecule has 0 unspecified atom stereocenters. The van der Waals surface area contributed by atoms with Crippen molar-refractivity contribution in [3.63, 3.8) is 0 Å². The summed E-state index contributed by atoms with van der Waals surface area (Å²) in [4.78, 5) is 39.8. The van der Waals surface area contributed by atoms with Crippen LogP contribution in [0.5, 0.6) is 0 Å². The molecule has 0 radical (unpaired) electrons. The van der Waals surface area contributed by atoms with Gasteiger partial charge in [0.25, 0.3) is 0 Å². The van der Waals surface area contributed by atoms with E-state index in [1.54, 1.807) is 17.0 Å². The lowest BCUT2D eigenvalue weighted by Gasteiger charge is -2.40. The van der Waals surface area contributed by atoms with Crippen molar-refractivity contribution < 1.29 is 19.1 Å². The van der Waals surface area contributed by atoms with E-state index in [4.69, 9.17) is 33.7 Å². The van der Waals surface area contributed by atoms with Crippen LogP contribution in [0.2, 0.25) is 10.0 Å². The highest BCUT2D eigenvalue weighted by Crippen LogP contribution is 2.36. The topological polar surface area (TPSA) is 89.7 Å². The SMILES string of the molecule is CCc1ccc(CC(=O)OCC2(C(=O)CCc3cccc(Cl)c3Cl)CCN(C(=O)CN)CC2)cc1. The van der Waals surface area contributed by atoms with Crippen LogP contribution in [0, 0.1) is 5.41 Å². The Hall–Kier alpha value is -2.41. The number of hydrogen-bond acceptors (Lipinski definition) is 5. The molecule has 1 saturated heterocycles. The van der Waals surface area contributed by atoms with Gasteiger partial charge in [0.1, 0.15) is 12.4 Å². The molecule has 2 aromatic carbocycles. The number of ether oxygens (including phenoxy) is 1. The van der Waals surface area contributed by atoms with Gasteiger partial charge in [0.15, 0.2) is 0 Å². The average molecular weight is 519 g/mol. The molecule has 188 valence electrons. The van der Waals surface area contributed by atoms with Crippen LogP contribution in [0.3, 0.4) is 0 Å². The second-order valence-corrected chi connectivity index (χ2v) is 9.79. The van der Waals surface area contributed by atoms with Crippen molar-refractivity contribution in [1.29, 1.82) is 0 Å². The molecule has 0 aliphatic carbocycles. The number of benzene rings is 2. The number of aryl methyl sites for hydroxylation is 2. The molecule has 1 aliphatic heterocycles. The van der Waals surface area contributed by atoms with Crippen LogP contribution in [-0.4, -0.2) is 48.8 Å². The lowest BCUT2D eigenvalue weighted by molar-refractivity contribution is -0.153. The monoisotopic (exact) mass is 518 g/mol. The van der Waals surface area contributed by atoms with Crippen LogP contribution in [0.4, 0.5) is 0 Å². The maximum Gasteiger partial charge on any atom is 0.310 e. The summed E-state index contributed by atoms with van der Waals surface area (Å²) in [5.41, 5.74) is 7.52. The summed E-state index contributed by atoms with van der Waals surface area (Å²) in [6.07, 6.45) is 2.58. The highest BCUT2D eigenvalue weighted by atomic mass is 35.5. The molecule has 0 saturated carbocycles. The van der Waals surface area contributed by atoms with Crippen molar-refractivity contribution in [2.45, 2.75) is 45.4 Å². The highest BCUT2D eigenvalue weighted by Gasteiger charge is 2.42. The first-order valence-corrected chi connectivity index (χ1v) is 12.7. The van der Waals surface area contributed by atoms with Crippen molar-refractivity contribution in [1.82, 2.24) is 4.90 Å². The Balaban J connectivity index is 1.67. The van der Waals surface area contributed by atoms with Gasteiger partial charge in [-0.05, 0) is 48.4 Å². The number of amides is 1. The van der Waals surface area contributed by atoms with Gasteiger partial charge >= 0.3 is 5.97 Å². The van der Waals surface area contributed by atoms with Crippen LogP contribution in [0.15, 0.2) is 42.5 Å². The lowest BCUT2D eigenvalue weighted by Crippen LogP contribution is -2.50. The maximum absolute atomic E-state index is 13.5. The summed E-state index contributed by atoms with van der Waals surface area (Å²) in [7, 11) is 0. The number of ketones is 1. The van der Waals surface area contributed by atoms with Crippen LogP contribution in [0.25, 0.3) is 0 Å². The van der Waals surface area contributed by atoms with Crippen molar-refractivity contribution in [2.24, 2.45) is 11.1 Å². The van der Waals surface area contributed by atoms with Crippen molar-refractivity contribution in [3.05, 3.63) is 69.2 Å². The summed E-state index contributed by atoms with van der Waals surface area (Å²) in [5.74, 6) is -0.530. The largest absolute Gasteiger partial charge is 0.464 e. The summed E-state index contributed by atoms with van der Waals surface area (Å²) in [6, 6.07) is 13.2. The van der Waals surface area contributed by atoms with Crippen LogP contribution in [0.1, 0.15) is 42.9 Å². The zero-order valence-electron chi connectivity index (χ0n) is 20.0. The van der Waals surface area contributed by atoms with Crippen molar-refractivity contribution in [3.8, 4) is 0 Å². The fourth-order valence-corrected chi connectivity index (χ4v) is 4.82. The van der Waals surface area contributed by atoms with Crippen LogP contribution in [-0.2, 0) is 38.4 Å². The van der Waals surface area contributed by atoms with Gasteiger partial charge in [-0.15, -0.1) is 0 Å². The molecule has 0 spiro atoms. The third-order valence-corrected chi connectivity index (χ3v) is 7.64. The van der Waals surface area contributed by atoms with Gasteiger partial charge in [0.05, 0.1) is 28.4 Å². The Morgan fingerprint density at radius 3 is 2.31 bits per heavy atom. The second-order valence-electron chi connectivity index (χ2n) is 9.01. The van der Waals surface area contributed by atoms with E-state index in [0.717, 1.165) is 17.5 Å². The predicted molar refractivity (Wildman–Crippen MR) is 138 cm³/mol. The van der Waals surface area contributed by atoms with Gasteiger partial charge in [-0.1, -0.05) is 66.5 Å². The lowest BCUT2D eigenvalue weighted by atomic mass is 9.73. The first kappa shape index (κ1) is 27.2. The first-order chi connectivity index (χ1) is 16.8. The number of rotatable bonds is 10. The summed E-state index contributed by atoms with van der Waals surface area (Å²) in [6.45, 7) is 2.80. The second kappa shape index (κ2) is 12.5. The van der Waals surface area contributed by atoms with Gasteiger partial charge in [-0.3, -0.25) is 14.4 Å². The molecule has 2 N–H and O–H groups in total. The molecule has 3 rings (SSSR count). The number of nitrogens with zero attached hydrogens (tertiary/aromatic N) is 1. The van der Waals surface area contributed by atoms with Gasteiger partial charge in [0.2, 0.25) is 5.91 Å². The van der Waals surface area contributed by atoms with Gasteiger partial charge in [-0.2, -0.15) is 0 Å². The summed E-state index contributed by atoms with van der Waals surface area (Å²) in [5, 5.41) is 0.890. The normalized spacial score (nSPS) is 15.0. The standard InChI is InChI=1S/C27H32Cl2N2O4/c1-2-19-6-8-20(9-7-19)16-25(34)35-18-27(12-14-31(15-13-27)24(33)17-30)23(32)11-10-21-4-3-5-22(28)26(21)29/h3-9H,2,10-18,30H2,1H3. The Labute approximate surface area is 216 Å². The van der Waals surface area contributed by atoms with Crippen LogP contribution < -0.4 is 5.73 Å². The molecule has 2 aromatic rings. The number of piperidine rings is 1. The molecule has 35 heavy (non-hydrogen) atoms. The van der Waals surface area contributed by atoms with E-state index in [-0.39, 0.29) is 43.7 Å². The van der Waals surface area contributed by atoms with Gasteiger partial charge < -0.3 is 15.4 Å². The Kier molecular flexibility index (Phi) is 9.72. The van der Waals surface area contributed by atoms with E-state index in [0.29, 0.717) is 42.4 Å². The minimum Gasteiger partial charge on any atom is -0.464 e. The minimum absolute atomic E-state index is 0.00603. The smallest absolute Gasteiger partial charge is 0.310 e. The molecule has 1 fully saturated rings. The molecule has 6 nitrogen and oxygen atoms in total. The number of carbonyl (C=O) groups is 3. The van der Waals surface area contributed by atoms with Crippen molar-refractivity contribution in [2.75, 3.05) is 26.2 Å². The van der Waals surface area contributed by atoms with Gasteiger partial charge in [-0.25, -0.2) is 0 Å². The predicted octanol–water partition coefficient (Wildman–Crippen LogP) is 4.41. The molecule has 0 atom stereocenters. The Morgan fingerprint density at radius 1 is 1.03 bits per heavy atom. The third-order valence-electron chi connectivity index (χ3n) is 6.78. The molecule has 0 aromatic heterocycles. The van der Waals surface area contributed by atoms with Gasteiger partial charge in [0, 0.05) is 19.5 Å². The first-order valence-electron chi connectivity index (χ1n) is 12.0. The van der Waals surface area contributed by atoms with E-state index in [2.05, 4.69) is 6.92 Å². The number of Topliss-reactive ketones (excluding diaryl/α,β-unsaturated/α-hetero) is 1. The fourth-order valence-electron chi connectivity index (χ4n) is 4.40. The maximum atomic E-state index is 13.5. The molecule has 1 aliphatic rings. The highest BCUT2D eigenvalue weighted by molar-refractivity contribution is 6.42. The molecule has 8 heteroatoms. The average Bonchev–Trinajstić information content (AvgIpc) is 2.88. The number of carbonyl (C=O) groups excluding carboxylic acids is 3. The Bertz CT molecular complexity index is 1050. The van der Waals surface area contributed by atoms with Crippen LogP contribution >= 0.6 is 23.2 Å². The summed E-state index contributed by atoms with van der Waals surface area (Å²) >= 11 is 12.4. The number of hydrogen-bond donors (Lipinski definition) is 1. The molecular weight excluding hydrogens is 487 g/mol. The van der Waals surface area contributed by atoms with E-state index < -0.39 is 5.41 Å². The van der Waals surface area contributed by atoms with E-state index >= 15 is 0 Å². The van der Waals surface area contributed by atoms with E-state index in [1.807, 2.05) is 30.3 Å². The molecule has 0 bridgehead atoms. The number of nitrogens with two attached hydrogens (primary N) is 1. The summed E-state index contributed by atoms with van der Waals surface area (Å²) < 4.78 is 5.65. The number of likely N-dealkylation sites (tertiary alicyclic amines) is 1. The molecule has 1 amide bonds. The van der Waals surface area contributed by atoms with E-state index in [1.165, 1.54) is 5.56 Å². The number of esters is 1. The molecular formula is C27H32Cl2N2O4. The Morgan fingerprint density at radius 2 is 1.69 bits per heavy atom.